The number of fused-ring (bicyclic) bond motifs is 1. The smallest absolute Gasteiger partial charge is 0.340 e. The molecule has 3 aromatic heterocycles. The number of aromatic nitrogens is 5. The first-order valence-electron chi connectivity index (χ1n) is 12.4. The Morgan fingerprint density at radius 2 is 1.87 bits per heavy atom. The van der Waals surface area contributed by atoms with E-state index in [0.717, 1.165) is 11.3 Å². The summed E-state index contributed by atoms with van der Waals surface area (Å²) >= 11 is 0. The van der Waals surface area contributed by atoms with Crippen molar-refractivity contribution in [2.45, 2.75) is 32.5 Å². The van der Waals surface area contributed by atoms with Crippen molar-refractivity contribution >= 4 is 28.7 Å². The van der Waals surface area contributed by atoms with Crippen LogP contribution in [0.1, 0.15) is 30.6 Å². The highest BCUT2D eigenvalue weighted by molar-refractivity contribution is 5.84. The molecule has 9 nitrogen and oxygen atoms in total. The first-order chi connectivity index (χ1) is 18.6. The van der Waals surface area contributed by atoms with Crippen LogP contribution in [0.5, 0.6) is 0 Å². The van der Waals surface area contributed by atoms with Gasteiger partial charge in [0.25, 0.3) is 0 Å². The number of alkyl halides is 3. The highest BCUT2D eigenvalue weighted by atomic mass is 19.4. The van der Waals surface area contributed by atoms with E-state index < -0.39 is 24.3 Å². The molecule has 5 rings (SSSR count). The molecule has 1 amide bonds. The number of rotatable bonds is 6. The Morgan fingerprint density at radius 1 is 1.10 bits per heavy atom. The lowest BCUT2D eigenvalue weighted by Crippen LogP contribution is -2.50. The molecule has 1 saturated heterocycles. The number of anilines is 2. The number of nitrogens with zero attached hydrogens (tertiary/aromatic N) is 6. The fourth-order valence-corrected chi connectivity index (χ4v) is 4.65. The van der Waals surface area contributed by atoms with Gasteiger partial charge < -0.3 is 15.2 Å². The number of carbonyl (C=O) groups excluding carboxylic acids is 1. The van der Waals surface area contributed by atoms with Gasteiger partial charge in [-0.25, -0.2) is 24.3 Å². The van der Waals surface area contributed by atoms with Crippen LogP contribution >= 0.6 is 0 Å². The zero-order chi connectivity index (χ0) is 27.7. The van der Waals surface area contributed by atoms with Gasteiger partial charge in [0, 0.05) is 49.7 Å². The maximum atomic E-state index is 15.3. The molecule has 1 fully saturated rings. The zero-order valence-electron chi connectivity index (χ0n) is 21.3. The summed E-state index contributed by atoms with van der Waals surface area (Å²) < 4.78 is 53.0. The van der Waals surface area contributed by atoms with Crippen LogP contribution in [0.4, 0.5) is 29.3 Å². The normalized spacial score (nSPS) is 15.5. The third-order valence-corrected chi connectivity index (χ3v) is 6.75. The molecular formula is C26H26F4N8O. The Bertz CT molecular complexity index is 1500. The molecule has 2 N–H and O–H groups in total. The third-order valence-electron chi connectivity index (χ3n) is 6.75. The number of nitrogens with one attached hydrogen (secondary N) is 2. The highest BCUT2D eigenvalue weighted by Gasteiger charge is 2.35. The first-order valence-corrected chi connectivity index (χ1v) is 12.4. The lowest BCUT2D eigenvalue weighted by atomic mass is 10.1. The van der Waals surface area contributed by atoms with Crippen molar-refractivity contribution < 1.29 is 22.4 Å². The second-order valence-corrected chi connectivity index (χ2v) is 9.44. The Labute approximate surface area is 221 Å². The standard InChI is InChI=1S/C26H26F4N8O/c1-15-11-20(33-14-32-15)18-3-4-19-24(23(18)27)36-25(34-19)35-21-12-17(5-6-31-21)16(2)37-7-9-38(10-8-37)22(39)13-26(28,29)30/h3-6,11-12,14,16H,7-10,13H2,1-2H3,(H2,31,34,35,36). The van der Waals surface area contributed by atoms with E-state index in [2.05, 4.69) is 35.1 Å². The van der Waals surface area contributed by atoms with Gasteiger partial charge in [-0.05, 0) is 49.7 Å². The zero-order valence-corrected chi connectivity index (χ0v) is 21.3. The summed E-state index contributed by atoms with van der Waals surface area (Å²) in [6.07, 6.45) is -2.92. The van der Waals surface area contributed by atoms with Gasteiger partial charge in [-0.2, -0.15) is 13.2 Å². The Hall–Kier alpha value is -4.13. The Kier molecular flexibility index (Phi) is 7.17. The number of benzene rings is 1. The molecule has 13 heteroatoms. The molecule has 1 aliphatic rings. The predicted octanol–water partition coefficient (Wildman–Crippen LogP) is 4.76. The van der Waals surface area contributed by atoms with E-state index in [1.54, 1.807) is 31.3 Å². The summed E-state index contributed by atoms with van der Waals surface area (Å²) in [5.41, 5.74) is 3.10. The molecule has 0 aliphatic carbocycles. The summed E-state index contributed by atoms with van der Waals surface area (Å²) in [5.74, 6) is -0.594. The fourth-order valence-electron chi connectivity index (χ4n) is 4.65. The SMILES string of the molecule is Cc1cc(-c2ccc3[nH]c(Nc4cc(C(C)N5CCN(C(=O)CC(F)(F)F)CC5)ccn4)nc3c2F)ncn1. The first kappa shape index (κ1) is 26.5. The summed E-state index contributed by atoms with van der Waals surface area (Å²) in [7, 11) is 0. The number of aryl methyl sites for hydroxylation is 1. The largest absolute Gasteiger partial charge is 0.397 e. The van der Waals surface area contributed by atoms with Crippen molar-refractivity contribution in [3.05, 3.63) is 59.9 Å². The van der Waals surface area contributed by atoms with Gasteiger partial charge >= 0.3 is 6.18 Å². The number of imidazole rings is 1. The lowest BCUT2D eigenvalue weighted by Gasteiger charge is -2.38. The minimum Gasteiger partial charge on any atom is -0.340 e. The second-order valence-electron chi connectivity index (χ2n) is 9.44. The molecule has 0 bridgehead atoms. The molecule has 0 radical (unpaired) electrons. The molecule has 0 spiro atoms. The number of aromatic amines is 1. The summed E-state index contributed by atoms with van der Waals surface area (Å²) in [6, 6.07) is 8.69. The van der Waals surface area contributed by atoms with E-state index in [0.29, 0.717) is 41.6 Å². The minimum atomic E-state index is -4.51. The Balaban J connectivity index is 1.27. The number of halogens is 4. The summed E-state index contributed by atoms with van der Waals surface area (Å²) in [5, 5.41) is 3.08. The maximum absolute atomic E-state index is 15.3. The minimum absolute atomic E-state index is 0.0691. The average Bonchev–Trinajstić information content (AvgIpc) is 3.31. The second kappa shape index (κ2) is 10.6. The van der Waals surface area contributed by atoms with Crippen molar-refractivity contribution in [2.75, 3.05) is 31.5 Å². The highest BCUT2D eigenvalue weighted by Crippen LogP contribution is 2.29. The van der Waals surface area contributed by atoms with Crippen LogP contribution < -0.4 is 5.32 Å². The predicted molar refractivity (Wildman–Crippen MR) is 137 cm³/mol. The molecule has 4 heterocycles. The van der Waals surface area contributed by atoms with Crippen LogP contribution in [-0.4, -0.2) is 73.0 Å². The molecule has 39 heavy (non-hydrogen) atoms. The van der Waals surface area contributed by atoms with Crippen molar-refractivity contribution in [3.63, 3.8) is 0 Å². The molecule has 1 unspecified atom stereocenters. The maximum Gasteiger partial charge on any atom is 0.397 e. The number of carbonyl (C=O) groups is 1. The van der Waals surface area contributed by atoms with Gasteiger partial charge in [0.05, 0.1) is 11.2 Å². The van der Waals surface area contributed by atoms with Crippen molar-refractivity contribution in [3.8, 4) is 11.3 Å². The monoisotopic (exact) mass is 542 g/mol. The van der Waals surface area contributed by atoms with E-state index >= 15 is 4.39 Å². The van der Waals surface area contributed by atoms with Gasteiger partial charge in [-0.3, -0.25) is 9.69 Å². The number of pyridine rings is 1. The van der Waals surface area contributed by atoms with Crippen molar-refractivity contribution in [1.82, 2.24) is 34.7 Å². The number of amides is 1. The molecule has 204 valence electrons. The van der Waals surface area contributed by atoms with Gasteiger partial charge in [-0.15, -0.1) is 0 Å². The van der Waals surface area contributed by atoms with Crippen LogP contribution in [0.15, 0.2) is 42.9 Å². The van der Waals surface area contributed by atoms with Crippen LogP contribution in [-0.2, 0) is 4.79 Å². The Morgan fingerprint density at radius 3 is 2.59 bits per heavy atom. The summed E-state index contributed by atoms with van der Waals surface area (Å²) in [4.78, 5) is 35.2. The van der Waals surface area contributed by atoms with E-state index in [1.807, 2.05) is 19.1 Å². The number of H-pyrrole nitrogens is 1. The number of piperazine rings is 1. The third kappa shape index (κ3) is 5.98. The van der Waals surface area contributed by atoms with Crippen molar-refractivity contribution in [1.29, 1.82) is 0 Å². The van der Waals surface area contributed by atoms with E-state index in [-0.39, 0.29) is 24.6 Å². The topological polar surface area (TPSA) is 103 Å². The van der Waals surface area contributed by atoms with Gasteiger partial charge in [0.1, 0.15) is 24.1 Å². The molecule has 0 saturated carbocycles. The van der Waals surface area contributed by atoms with Gasteiger partial charge in [0.2, 0.25) is 11.9 Å². The lowest BCUT2D eigenvalue weighted by molar-refractivity contribution is -0.162. The fraction of sp³-hybridized carbons (Fsp3) is 0.346. The van der Waals surface area contributed by atoms with E-state index in [1.165, 1.54) is 11.2 Å². The molecular weight excluding hydrogens is 516 g/mol. The van der Waals surface area contributed by atoms with Crippen LogP contribution in [0.25, 0.3) is 22.3 Å². The quantitative estimate of drug-likeness (QED) is 0.339. The van der Waals surface area contributed by atoms with Crippen LogP contribution in [0.3, 0.4) is 0 Å². The van der Waals surface area contributed by atoms with Crippen molar-refractivity contribution in [2.24, 2.45) is 0 Å². The van der Waals surface area contributed by atoms with E-state index in [9.17, 15) is 18.0 Å². The number of hydrogen-bond donors (Lipinski definition) is 2. The van der Waals surface area contributed by atoms with E-state index in [4.69, 9.17) is 0 Å². The van der Waals surface area contributed by atoms with Gasteiger partial charge in [-0.1, -0.05) is 0 Å². The number of hydrogen-bond acceptors (Lipinski definition) is 7. The van der Waals surface area contributed by atoms with Crippen LogP contribution in [0.2, 0.25) is 0 Å². The molecule has 1 aromatic carbocycles. The van der Waals surface area contributed by atoms with Crippen LogP contribution in [0, 0.1) is 12.7 Å². The molecule has 1 aliphatic heterocycles. The molecule has 1 atom stereocenters. The van der Waals surface area contributed by atoms with Gasteiger partial charge in [0.15, 0.2) is 5.82 Å². The summed E-state index contributed by atoms with van der Waals surface area (Å²) in [6.45, 7) is 5.16. The molecule has 4 aromatic rings. The average molecular weight is 543 g/mol.